The van der Waals surface area contributed by atoms with Crippen molar-refractivity contribution in [1.29, 1.82) is 0 Å². The zero-order valence-corrected chi connectivity index (χ0v) is 11.9. The summed E-state index contributed by atoms with van der Waals surface area (Å²) in [6, 6.07) is 3.47. The first kappa shape index (κ1) is 15.4. The molecule has 0 amide bonds. The Hall–Kier alpha value is -1.02. The number of anilines is 1. The van der Waals surface area contributed by atoms with Gasteiger partial charge < -0.3 is 14.8 Å². The van der Waals surface area contributed by atoms with Gasteiger partial charge >= 0.3 is 18.9 Å². The first-order valence-electron chi connectivity index (χ1n) is 6.87. The van der Waals surface area contributed by atoms with Crippen molar-refractivity contribution in [2.45, 2.75) is 12.8 Å². The van der Waals surface area contributed by atoms with Gasteiger partial charge in [0.15, 0.2) is 0 Å². The number of nitrogens with zero attached hydrogens (tertiary/aromatic N) is 3. The Morgan fingerprint density at radius 2 is 2.00 bits per heavy atom. The summed E-state index contributed by atoms with van der Waals surface area (Å²) in [5.41, 5.74) is 0.943. The number of carboxylic acids is 1. The molecule has 5 nitrogen and oxygen atoms in total. The second-order valence-electron chi connectivity index (χ2n) is 5.42. The van der Waals surface area contributed by atoms with Crippen molar-refractivity contribution in [3.63, 3.8) is 0 Å². The van der Waals surface area contributed by atoms with Crippen molar-refractivity contribution in [1.82, 2.24) is 9.88 Å². The van der Waals surface area contributed by atoms with Crippen molar-refractivity contribution in [3.05, 3.63) is 24.0 Å². The number of aromatic carboxylic acids is 1. The fourth-order valence-corrected chi connectivity index (χ4v) is 2.58. The van der Waals surface area contributed by atoms with Gasteiger partial charge in [-0.05, 0) is 30.9 Å². The first-order chi connectivity index (χ1) is 9.22. The first-order valence-corrected chi connectivity index (χ1v) is 6.87. The summed E-state index contributed by atoms with van der Waals surface area (Å²) < 4.78 is 0. The molecular formula is C14H18LiN3O2. The fraction of sp³-hybridized carbons (Fsp3) is 0.571. The molecular weight excluding hydrogens is 249 g/mol. The molecule has 1 aliphatic heterocycles. The van der Waals surface area contributed by atoms with Crippen LogP contribution in [0.4, 0.5) is 5.69 Å². The quantitative estimate of drug-likeness (QED) is 0.544. The van der Waals surface area contributed by atoms with Gasteiger partial charge in [-0.1, -0.05) is 0 Å². The van der Waals surface area contributed by atoms with Gasteiger partial charge in [-0.15, -0.1) is 0 Å². The van der Waals surface area contributed by atoms with E-state index in [0.29, 0.717) is 0 Å². The monoisotopic (exact) mass is 267 g/mol. The van der Waals surface area contributed by atoms with Gasteiger partial charge in [-0.2, -0.15) is 0 Å². The van der Waals surface area contributed by atoms with Gasteiger partial charge in [0.25, 0.3) is 0 Å². The second kappa shape index (κ2) is 6.62. The van der Waals surface area contributed by atoms with Crippen molar-refractivity contribution in [2.75, 3.05) is 37.6 Å². The van der Waals surface area contributed by atoms with Gasteiger partial charge in [-0.25, -0.2) is 0 Å². The van der Waals surface area contributed by atoms with Gasteiger partial charge in [-0.3, -0.25) is 9.88 Å². The second-order valence-corrected chi connectivity index (χ2v) is 5.42. The van der Waals surface area contributed by atoms with E-state index in [0.717, 1.165) is 37.8 Å². The Bertz CT molecular complexity index is 471. The van der Waals surface area contributed by atoms with Crippen molar-refractivity contribution < 1.29 is 28.8 Å². The van der Waals surface area contributed by atoms with E-state index in [1.807, 2.05) is 6.07 Å². The Morgan fingerprint density at radius 1 is 1.30 bits per heavy atom. The molecule has 0 unspecified atom stereocenters. The van der Waals surface area contributed by atoms with Crippen LogP contribution in [0.25, 0.3) is 0 Å². The van der Waals surface area contributed by atoms with E-state index in [1.54, 1.807) is 6.07 Å². The van der Waals surface area contributed by atoms with Crippen LogP contribution < -0.4 is 28.9 Å². The number of carboxylic acid groups (broad SMARTS) is 1. The predicted octanol–water partition coefficient (Wildman–Crippen LogP) is -3.02. The minimum absolute atomic E-state index is 0. The molecule has 0 aromatic carbocycles. The zero-order chi connectivity index (χ0) is 13.2. The molecule has 0 spiro atoms. The topological polar surface area (TPSA) is 59.5 Å². The number of carbonyl (C=O) groups is 1. The third kappa shape index (κ3) is 3.75. The Morgan fingerprint density at radius 3 is 2.60 bits per heavy atom. The summed E-state index contributed by atoms with van der Waals surface area (Å²) in [6.07, 6.45) is 4.32. The van der Waals surface area contributed by atoms with Crippen LogP contribution in [0.15, 0.2) is 18.3 Å². The number of pyridine rings is 1. The molecule has 1 aliphatic carbocycles. The minimum atomic E-state index is -1.21. The molecule has 6 heteroatoms. The molecule has 1 aromatic rings. The van der Waals surface area contributed by atoms with E-state index >= 15 is 0 Å². The third-order valence-electron chi connectivity index (χ3n) is 3.90. The van der Waals surface area contributed by atoms with Crippen molar-refractivity contribution in [3.8, 4) is 0 Å². The Labute approximate surface area is 131 Å². The van der Waals surface area contributed by atoms with E-state index in [9.17, 15) is 9.90 Å². The van der Waals surface area contributed by atoms with E-state index < -0.39 is 5.97 Å². The molecule has 3 rings (SSSR count). The van der Waals surface area contributed by atoms with Gasteiger partial charge in [0.2, 0.25) is 0 Å². The van der Waals surface area contributed by atoms with Crippen molar-refractivity contribution >= 4 is 11.7 Å². The van der Waals surface area contributed by atoms with Gasteiger partial charge in [0.05, 0.1) is 11.7 Å². The summed E-state index contributed by atoms with van der Waals surface area (Å²) in [5.74, 6) is -0.286. The van der Waals surface area contributed by atoms with Crippen LogP contribution in [0, 0.1) is 5.92 Å². The largest absolute Gasteiger partial charge is 1.00 e. The van der Waals surface area contributed by atoms with Crippen LogP contribution >= 0.6 is 0 Å². The number of piperazine rings is 1. The number of rotatable bonds is 4. The standard InChI is InChI=1S/C14H19N3O2.Li/c18-14(19)13-9-12(3-4-15-13)17-7-5-16(6-8-17)10-11-1-2-11;/h3-4,9,11H,1-2,5-8,10H2,(H,18,19);/q;+1/p-1. The Kier molecular flexibility index (Phi) is 5.09. The molecule has 1 aromatic heterocycles. The molecule has 0 bridgehead atoms. The van der Waals surface area contributed by atoms with Crippen LogP contribution in [0.5, 0.6) is 0 Å². The summed E-state index contributed by atoms with van der Waals surface area (Å²) in [7, 11) is 0. The van der Waals surface area contributed by atoms with Crippen LogP contribution in [0.3, 0.4) is 0 Å². The van der Waals surface area contributed by atoms with Crippen molar-refractivity contribution in [2.24, 2.45) is 5.92 Å². The van der Waals surface area contributed by atoms with Gasteiger partial charge in [0.1, 0.15) is 0 Å². The molecule has 1 saturated carbocycles. The normalized spacial score (nSPS) is 19.5. The number of carbonyl (C=O) groups excluding carboxylic acids is 1. The SMILES string of the molecule is O=C([O-])c1cc(N2CCN(CC3CC3)CC2)ccn1.[Li+]. The summed E-state index contributed by atoms with van der Waals surface area (Å²) in [4.78, 5) is 19.3. The molecule has 20 heavy (non-hydrogen) atoms. The molecule has 0 radical (unpaired) electrons. The maximum atomic E-state index is 10.8. The molecule has 2 fully saturated rings. The van der Waals surface area contributed by atoms with Crippen LogP contribution in [0.1, 0.15) is 23.3 Å². The molecule has 0 N–H and O–H groups in total. The summed E-state index contributed by atoms with van der Waals surface area (Å²) in [5, 5.41) is 10.8. The summed E-state index contributed by atoms with van der Waals surface area (Å²) >= 11 is 0. The van der Waals surface area contributed by atoms with Crippen LogP contribution in [-0.4, -0.2) is 48.6 Å². The molecule has 1 saturated heterocycles. The minimum Gasteiger partial charge on any atom is -0.543 e. The molecule has 102 valence electrons. The maximum Gasteiger partial charge on any atom is 1.00 e. The van der Waals surface area contributed by atoms with E-state index in [1.165, 1.54) is 25.6 Å². The van der Waals surface area contributed by atoms with Crippen LogP contribution in [0.2, 0.25) is 0 Å². The average molecular weight is 267 g/mol. The Balaban J connectivity index is 0.00000147. The van der Waals surface area contributed by atoms with E-state index in [4.69, 9.17) is 0 Å². The number of aromatic nitrogens is 1. The number of hydrogen-bond donors (Lipinski definition) is 0. The van der Waals surface area contributed by atoms with E-state index in [-0.39, 0.29) is 24.6 Å². The number of hydrogen-bond acceptors (Lipinski definition) is 5. The molecule has 2 aliphatic rings. The smallest absolute Gasteiger partial charge is 0.543 e. The zero-order valence-electron chi connectivity index (χ0n) is 11.9. The molecule has 2 heterocycles. The third-order valence-corrected chi connectivity index (χ3v) is 3.90. The van der Waals surface area contributed by atoms with E-state index in [2.05, 4.69) is 14.8 Å². The maximum absolute atomic E-state index is 10.8. The summed E-state index contributed by atoms with van der Waals surface area (Å²) in [6.45, 7) is 5.24. The predicted molar refractivity (Wildman–Crippen MR) is 69.9 cm³/mol. The average Bonchev–Trinajstić information content (AvgIpc) is 3.24. The molecule has 0 atom stereocenters. The van der Waals surface area contributed by atoms with Crippen LogP contribution in [-0.2, 0) is 0 Å². The van der Waals surface area contributed by atoms with Gasteiger partial charge in [0, 0.05) is 44.6 Å². The fourth-order valence-electron chi connectivity index (χ4n) is 2.58.